The molecule has 0 radical (unpaired) electrons. The fourth-order valence-corrected chi connectivity index (χ4v) is 2.29. The van der Waals surface area contributed by atoms with Crippen molar-refractivity contribution in [1.82, 2.24) is 14.7 Å². The first kappa shape index (κ1) is 13.6. The molecule has 0 bridgehead atoms. The van der Waals surface area contributed by atoms with Crippen LogP contribution in [-0.4, -0.2) is 46.3 Å². The van der Waals surface area contributed by atoms with Crippen molar-refractivity contribution >= 4 is 11.9 Å². The van der Waals surface area contributed by atoms with Gasteiger partial charge in [0.25, 0.3) is 5.91 Å². The van der Waals surface area contributed by atoms with Gasteiger partial charge in [0.1, 0.15) is 0 Å². The van der Waals surface area contributed by atoms with Gasteiger partial charge in [0.15, 0.2) is 0 Å². The van der Waals surface area contributed by atoms with E-state index in [1.807, 2.05) is 0 Å². The van der Waals surface area contributed by atoms with E-state index in [0.29, 0.717) is 38.1 Å². The molecule has 1 saturated heterocycles. The van der Waals surface area contributed by atoms with Crippen molar-refractivity contribution in [2.45, 2.75) is 19.8 Å². The highest BCUT2D eigenvalue weighted by atomic mass is 16.5. The van der Waals surface area contributed by atoms with E-state index >= 15 is 0 Å². The number of carbonyl (C=O) groups is 2. The van der Waals surface area contributed by atoms with E-state index in [2.05, 4.69) is 5.10 Å². The van der Waals surface area contributed by atoms with Gasteiger partial charge in [0.05, 0.1) is 24.3 Å². The van der Waals surface area contributed by atoms with Crippen LogP contribution in [0.4, 0.5) is 0 Å². The predicted octanol–water partition coefficient (Wildman–Crippen LogP) is 0.835. The first-order chi connectivity index (χ1) is 9.11. The van der Waals surface area contributed by atoms with Gasteiger partial charge >= 0.3 is 5.97 Å². The second kappa shape index (κ2) is 5.86. The first-order valence-corrected chi connectivity index (χ1v) is 6.56. The summed E-state index contributed by atoms with van der Waals surface area (Å²) in [6.45, 7) is 3.40. The molecule has 1 amide bonds. The molecular weight excluding hydrogens is 246 g/mol. The number of esters is 1. The lowest BCUT2D eigenvalue weighted by atomic mass is 9.96. The summed E-state index contributed by atoms with van der Waals surface area (Å²) in [5, 5.41) is 4.00. The number of carbonyl (C=O) groups excluding carboxylic acids is 2. The molecule has 0 spiro atoms. The molecular formula is C13H19N3O3. The third kappa shape index (κ3) is 3.13. The Hall–Kier alpha value is -1.85. The van der Waals surface area contributed by atoms with Gasteiger partial charge in [-0.1, -0.05) is 0 Å². The third-order valence-electron chi connectivity index (χ3n) is 3.35. The van der Waals surface area contributed by atoms with Crippen LogP contribution in [0.15, 0.2) is 12.4 Å². The molecule has 1 aromatic rings. The molecule has 0 N–H and O–H groups in total. The second-order valence-electron chi connectivity index (χ2n) is 4.72. The molecule has 104 valence electrons. The molecule has 2 heterocycles. The maximum atomic E-state index is 12.2. The quantitative estimate of drug-likeness (QED) is 0.760. The van der Waals surface area contributed by atoms with Crippen LogP contribution < -0.4 is 0 Å². The summed E-state index contributed by atoms with van der Waals surface area (Å²) >= 11 is 0. The maximum Gasteiger partial charge on any atom is 0.309 e. The van der Waals surface area contributed by atoms with Crippen molar-refractivity contribution in [3.8, 4) is 0 Å². The molecule has 6 heteroatoms. The minimum atomic E-state index is -0.143. The molecule has 1 aliphatic heterocycles. The Bertz CT molecular complexity index is 461. The highest BCUT2D eigenvalue weighted by Crippen LogP contribution is 2.20. The number of hydrogen-bond donors (Lipinski definition) is 0. The number of aryl methyl sites for hydroxylation is 1. The highest BCUT2D eigenvalue weighted by Gasteiger charge is 2.28. The van der Waals surface area contributed by atoms with E-state index in [-0.39, 0.29) is 17.8 Å². The zero-order chi connectivity index (χ0) is 13.8. The Labute approximate surface area is 112 Å². The SMILES string of the molecule is CCOC(=O)C1CCN(C(=O)c2cnn(C)c2)CC1. The van der Waals surface area contributed by atoms with Gasteiger partial charge in [-0.2, -0.15) is 5.10 Å². The van der Waals surface area contributed by atoms with Gasteiger partial charge in [0, 0.05) is 26.3 Å². The number of rotatable bonds is 3. The molecule has 1 aromatic heterocycles. The Balaban J connectivity index is 1.89. The number of likely N-dealkylation sites (tertiary alicyclic amines) is 1. The van der Waals surface area contributed by atoms with E-state index in [1.54, 1.807) is 35.9 Å². The minimum absolute atomic E-state index is 0.0181. The van der Waals surface area contributed by atoms with Gasteiger partial charge in [-0.15, -0.1) is 0 Å². The van der Waals surface area contributed by atoms with Crippen molar-refractivity contribution < 1.29 is 14.3 Å². The largest absolute Gasteiger partial charge is 0.466 e. The Kier molecular flexibility index (Phi) is 4.19. The number of nitrogens with zero attached hydrogens (tertiary/aromatic N) is 3. The van der Waals surface area contributed by atoms with Crippen LogP contribution in [0, 0.1) is 5.92 Å². The lowest BCUT2D eigenvalue weighted by Gasteiger charge is -2.30. The van der Waals surface area contributed by atoms with Crippen molar-refractivity contribution in [1.29, 1.82) is 0 Å². The molecule has 19 heavy (non-hydrogen) atoms. The fraction of sp³-hybridized carbons (Fsp3) is 0.615. The second-order valence-corrected chi connectivity index (χ2v) is 4.72. The molecule has 0 atom stereocenters. The highest BCUT2D eigenvalue weighted by molar-refractivity contribution is 5.93. The number of piperidine rings is 1. The molecule has 1 aliphatic rings. The third-order valence-corrected chi connectivity index (χ3v) is 3.35. The minimum Gasteiger partial charge on any atom is -0.466 e. The summed E-state index contributed by atoms with van der Waals surface area (Å²) in [5.74, 6) is -0.232. The van der Waals surface area contributed by atoms with Gasteiger partial charge in [-0.05, 0) is 19.8 Å². The lowest BCUT2D eigenvalue weighted by Crippen LogP contribution is -2.40. The molecule has 2 rings (SSSR count). The van der Waals surface area contributed by atoms with Gasteiger partial charge in [0.2, 0.25) is 0 Å². The van der Waals surface area contributed by atoms with Crippen LogP contribution in [0.3, 0.4) is 0 Å². The van der Waals surface area contributed by atoms with Gasteiger partial charge < -0.3 is 9.64 Å². The first-order valence-electron chi connectivity index (χ1n) is 6.56. The Morgan fingerprint density at radius 3 is 2.63 bits per heavy atom. The normalized spacial score (nSPS) is 16.4. The average Bonchev–Trinajstić information content (AvgIpc) is 2.85. The van der Waals surface area contributed by atoms with Crippen LogP contribution in [0.25, 0.3) is 0 Å². The lowest BCUT2D eigenvalue weighted by molar-refractivity contribution is -0.149. The van der Waals surface area contributed by atoms with Gasteiger partial charge in [-0.25, -0.2) is 0 Å². The summed E-state index contributed by atoms with van der Waals surface area (Å²) in [4.78, 5) is 25.6. The van der Waals surface area contributed by atoms with E-state index in [9.17, 15) is 9.59 Å². The maximum absolute atomic E-state index is 12.2. The van der Waals surface area contributed by atoms with Crippen molar-refractivity contribution in [3.63, 3.8) is 0 Å². The molecule has 0 aliphatic carbocycles. The van der Waals surface area contributed by atoms with Gasteiger partial charge in [-0.3, -0.25) is 14.3 Å². The average molecular weight is 265 g/mol. The van der Waals surface area contributed by atoms with Crippen LogP contribution in [-0.2, 0) is 16.6 Å². The topological polar surface area (TPSA) is 64.4 Å². The molecule has 0 saturated carbocycles. The fourth-order valence-electron chi connectivity index (χ4n) is 2.29. The van der Waals surface area contributed by atoms with E-state index < -0.39 is 0 Å². The molecule has 1 fully saturated rings. The number of ether oxygens (including phenoxy) is 1. The summed E-state index contributed by atoms with van der Waals surface area (Å²) in [7, 11) is 1.78. The number of aromatic nitrogens is 2. The number of hydrogen-bond acceptors (Lipinski definition) is 4. The monoisotopic (exact) mass is 265 g/mol. The van der Waals surface area contributed by atoms with Crippen molar-refractivity contribution in [2.24, 2.45) is 13.0 Å². The predicted molar refractivity (Wildman–Crippen MR) is 68.5 cm³/mol. The van der Waals surface area contributed by atoms with Crippen molar-refractivity contribution in [3.05, 3.63) is 18.0 Å². The van der Waals surface area contributed by atoms with E-state index in [1.165, 1.54) is 0 Å². The zero-order valence-corrected chi connectivity index (χ0v) is 11.3. The van der Waals surface area contributed by atoms with Crippen LogP contribution in [0.1, 0.15) is 30.1 Å². The molecule has 6 nitrogen and oxygen atoms in total. The van der Waals surface area contributed by atoms with Crippen molar-refractivity contribution in [2.75, 3.05) is 19.7 Å². The van der Waals surface area contributed by atoms with E-state index in [4.69, 9.17) is 4.74 Å². The summed E-state index contributed by atoms with van der Waals surface area (Å²) < 4.78 is 6.62. The summed E-state index contributed by atoms with van der Waals surface area (Å²) in [6, 6.07) is 0. The molecule has 0 aromatic carbocycles. The van der Waals surface area contributed by atoms with Crippen LogP contribution in [0.2, 0.25) is 0 Å². The van der Waals surface area contributed by atoms with Crippen LogP contribution in [0.5, 0.6) is 0 Å². The summed E-state index contributed by atoms with van der Waals surface area (Å²) in [5.41, 5.74) is 0.595. The van der Waals surface area contributed by atoms with Crippen LogP contribution >= 0.6 is 0 Å². The molecule has 0 unspecified atom stereocenters. The Morgan fingerprint density at radius 1 is 1.42 bits per heavy atom. The standard InChI is InChI=1S/C13H19N3O3/c1-3-19-13(18)10-4-6-16(7-5-10)12(17)11-8-14-15(2)9-11/h8-10H,3-7H2,1-2H3. The smallest absolute Gasteiger partial charge is 0.309 e. The Morgan fingerprint density at radius 2 is 2.11 bits per heavy atom. The number of amides is 1. The summed E-state index contributed by atoms with van der Waals surface area (Å²) in [6.07, 6.45) is 4.62. The zero-order valence-electron chi connectivity index (χ0n) is 11.3. The van der Waals surface area contributed by atoms with E-state index in [0.717, 1.165) is 0 Å².